The van der Waals surface area contributed by atoms with Gasteiger partial charge in [0, 0.05) is 0 Å². The molecule has 0 saturated heterocycles. The Bertz CT molecular complexity index is 2700. The van der Waals surface area contributed by atoms with Crippen LogP contribution in [0.3, 0.4) is 0 Å². The van der Waals surface area contributed by atoms with Crippen LogP contribution in [0.5, 0.6) is 0 Å². The molecular weight excluding hydrogens is 1770 g/mol. The third-order valence-electron chi connectivity index (χ3n) is 44.6. The first kappa shape index (κ1) is 155. The van der Waals surface area contributed by atoms with Gasteiger partial charge in [0.25, 0.3) is 0 Å². The van der Waals surface area contributed by atoms with Gasteiger partial charge < -0.3 is 0 Å². The highest BCUT2D eigenvalue weighted by atomic mass is 14.6. The Balaban J connectivity index is -0.000000572. The predicted octanol–water partition coefficient (Wildman–Crippen LogP) is 50.2. The Morgan fingerprint density at radius 3 is 0.456 bits per heavy atom. The summed E-state index contributed by atoms with van der Waals surface area (Å²) in [5.41, 5.74) is 0. The van der Waals surface area contributed by atoms with Crippen LogP contribution in [-0.4, -0.2) is 0 Å². The molecule has 0 bridgehead atoms. The summed E-state index contributed by atoms with van der Waals surface area (Å²) in [6, 6.07) is 0. The fourth-order valence-electron chi connectivity index (χ4n) is 36.1. The molecule has 0 aliphatic heterocycles. The van der Waals surface area contributed by atoms with Gasteiger partial charge in [0.2, 0.25) is 0 Å². The van der Waals surface area contributed by atoms with Crippen LogP contribution in [0.2, 0.25) is 0 Å². The van der Waals surface area contributed by atoms with Crippen molar-refractivity contribution < 1.29 is 0 Å². The average Bonchev–Trinajstić information content (AvgIpc) is 0.793. The van der Waals surface area contributed by atoms with Gasteiger partial charge in [-0.05, 0) is 369 Å². The lowest BCUT2D eigenvalue weighted by atomic mass is 9.52. The minimum Gasteiger partial charge on any atom is -0.0651 e. The van der Waals surface area contributed by atoms with E-state index in [9.17, 15) is 0 Å². The molecule has 0 heterocycles. The molecule has 31 unspecified atom stereocenters. The van der Waals surface area contributed by atoms with Crippen LogP contribution >= 0.6 is 0 Å². The number of rotatable bonds is 74. The van der Waals surface area contributed by atoms with Crippen molar-refractivity contribution >= 4 is 0 Å². The Kier molecular flexibility index (Phi) is 85.3. The molecule has 0 aromatic carbocycles. The highest BCUT2D eigenvalue weighted by molar-refractivity contribution is 5.00. The lowest BCUT2D eigenvalue weighted by Gasteiger charge is -2.53. The quantitative estimate of drug-likeness (QED) is 0.0569. The fraction of sp³-hybridized carbons (Fsp3) is 1.00. The smallest absolute Gasteiger partial charge is 0.0319 e. The Hall–Kier alpha value is 0. The highest BCUT2D eigenvalue weighted by Gasteiger charge is 2.52. The van der Waals surface area contributed by atoms with Crippen LogP contribution in [0.1, 0.15) is 606 Å². The van der Waals surface area contributed by atoms with Gasteiger partial charge in [-0.3, -0.25) is 0 Å². The zero-order chi connectivity index (χ0) is 116. The summed E-state index contributed by atoms with van der Waals surface area (Å²) in [7, 11) is 0. The molecule has 0 fully saturated rings. The third-order valence-corrected chi connectivity index (χ3v) is 44.6. The molecule has 0 aromatic heterocycles. The molecule has 0 spiro atoms. The van der Waals surface area contributed by atoms with Crippen LogP contribution in [-0.2, 0) is 0 Å². The fourth-order valence-corrected chi connectivity index (χ4v) is 36.1. The van der Waals surface area contributed by atoms with E-state index in [1.165, 1.54) is 135 Å². The number of hydrogen-bond donors (Lipinski definition) is 0. The molecule has 0 aliphatic carbocycles. The molecule has 0 N–H and O–H groups in total. The maximum absolute atomic E-state index is 2.69. The minimum atomic E-state index is 0.733. The van der Waals surface area contributed by atoms with Crippen molar-refractivity contribution in [2.75, 3.05) is 0 Å². The van der Waals surface area contributed by atoms with Crippen molar-refractivity contribution in [3.63, 3.8) is 0 Å². The number of hydrogen-bond acceptors (Lipinski definition) is 0. The minimum absolute atomic E-state index is 0.733. The van der Waals surface area contributed by atoms with Gasteiger partial charge in [0.1, 0.15) is 0 Å². The van der Waals surface area contributed by atoms with Gasteiger partial charge in [0.05, 0.1) is 0 Å². The molecule has 0 saturated carbocycles. The first-order chi connectivity index (χ1) is 68.0. The van der Waals surface area contributed by atoms with E-state index in [0.29, 0.717) is 0 Å². The molecule has 0 nitrogen and oxygen atoms in total. The van der Waals surface area contributed by atoms with E-state index in [2.05, 4.69) is 471 Å². The summed E-state index contributed by atoms with van der Waals surface area (Å²) in [6.07, 6.45) is 28.3. The zero-order valence-electron chi connectivity index (χ0n) is 116. The lowest BCUT2D eigenvalue weighted by Crippen LogP contribution is -2.48. The van der Waals surface area contributed by atoms with Gasteiger partial charge in [-0.15, -0.1) is 0 Å². The van der Waals surface area contributed by atoms with Crippen molar-refractivity contribution in [2.45, 2.75) is 606 Å². The topological polar surface area (TPSA) is 0 Å². The van der Waals surface area contributed by atoms with Crippen molar-refractivity contribution in [1.29, 1.82) is 0 Å². The van der Waals surface area contributed by atoms with Crippen LogP contribution in [0, 0.1) is 343 Å². The SMILES string of the molecule is CC(C)C(C(C)C)C(C(C)C(C(C(C)C)C(C)C)C(C(C)C)C(C)C)C(C(C)C)C(C)C.CCC(C)C(C(C)CC)C(C(C)C(C)C)C(C)C(CC)C(C(C)C)C(C)CC(C)C.CCC(C)C(C(C)CC)C(C(C)C(C)C)C(C)C(CC)C(C(C)C)C(C)CC(C)C.CCC(C)C(C(C)CC)C(C(C)CC)C(C)C(CC)C(CC)C(C)CC(C)C.CCC(C)C(C(C)CC)C(C(C)CC)C(C)C(CC)C(CC)CCC(C)C. The van der Waals surface area contributed by atoms with Gasteiger partial charge in [-0.25, -0.2) is 0 Å². The second-order valence-electron chi connectivity index (χ2n) is 60.4. The Labute approximate surface area is 942 Å². The maximum atomic E-state index is 2.69. The molecule has 31 atom stereocenters. The molecule has 0 aromatic rings. The molecule has 0 rings (SSSR count). The van der Waals surface area contributed by atoms with Crippen molar-refractivity contribution in [3.8, 4) is 0 Å². The van der Waals surface area contributed by atoms with Crippen molar-refractivity contribution in [1.82, 2.24) is 0 Å². The molecule has 0 radical (unpaired) electrons. The first-order valence-electron chi connectivity index (χ1n) is 68.0. The van der Waals surface area contributed by atoms with Crippen molar-refractivity contribution in [3.05, 3.63) is 0 Å². The highest BCUT2D eigenvalue weighted by Crippen LogP contribution is 2.58. The van der Waals surface area contributed by atoms with E-state index in [0.717, 1.165) is 343 Å². The molecular formula is C147H304. The van der Waals surface area contributed by atoms with E-state index >= 15 is 0 Å². The van der Waals surface area contributed by atoms with Crippen LogP contribution in [0.25, 0.3) is 0 Å². The Morgan fingerprint density at radius 1 is 0.102 bits per heavy atom. The van der Waals surface area contributed by atoms with E-state index in [4.69, 9.17) is 0 Å². The second kappa shape index (κ2) is 80.7. The lowest BCUT2D eigenvalue weighted by molar-refractivity contribution is -0.0496. The predicted molar refractivity (Wildman–Crippen MR) is 685 cm³/mol. The third kappa shape index (κ3) is 50.4. The van der Waals surface area contributed by atoms with Crippen molar-refractivity contribution in [2.24, 2.45) is 343 Å². The van der Waals surface area contributed by atoms with Gasteiger partial charge >= 0.3 is 0 Å². The summed E-state index contributed by atoms with van der Waals surface area (Å²) in [6.45, 7) is 170. The van der Waals surface area contributed by atoms with E-state index in [-0.39, 0.29) is 0 Å². The summed E-state index contributed by atoms with van der Waals surface area (Å²) in [5, 5.41) is 0. The molecule has 0 heteroatoms. The van der Waals surface area contributed by atoms with E-state index in [1.54, 1.807) is 0 Å². The molecule has 0 amide bonds. The summed E-state index contributed by atoms with van der Waals surface area (Å²) in [5.74, 6) is 46.9. The van der Waals surface area contributed by atoms with Crippen LogP contribution in [0.15, 0.2) is 0 Å². The standard InChI is InChI=1S/C32H66.2C30H62.C28H58.C27H56/c1-18(2)27(19(3)4)31(28(20(5)6)21(7)8)26(17)32(29(22(9)10)23(11)12)30(24(13)14)25(15)16;2*1-15-22(10)29(23(11)16-2)30(25(13)20(6)7)26(14)27(17-3)28(21(8)9)24(12)18-19(4)5;1-13-20(8)27(21(9)14-2)28(22(10)15-3)24(12)26(17-5)25(16-4)23(11)18-19(6)7;1-12-20(8)26(21(9)13-2)27(22(10)14-3)23(11)25(16-5)24(15-4)18-17-19(6)7/h18-32H,1-17H3;2*19-30H,15-18H2,1-14H3;19-28H,13-18H2,1-12H3;19-27H,12-18H2,1-11H3. The van der Waals surface area contributed by atoms with E-state index in [1.807, 2.05) is 0 Å². The zero-order valence-corrected chi connectivity index (χ0v) is 116. The molecule has 892 valence electrons. The molecule has 0 aliphatic rings. The van der Waals surface area contributed by atoms with Gasteiger partial charge in [-0.1, -0.05) is 580 Å². The van der Waals surface area contributed by atoms with Crippen LogP contribution in [0.4, 0.5) is 0 Å². The summed E-state index contributed by atoms with van der Waals surface area (Å²) in [4.78, 5) is 0. The maximum Gasteiger partial charge on any atom is -0.0319 e. The van der Waals surface area contributed by atoms with Gasteiger partial charge in [0.15, 0.2) is 0 Å². The summed E-state index contributed by atoms with van der Waals surface area (Å²) >= 11 is 0. The summed E-state index contributed by atoms with van der Waals surface area (Å²) < 4.78 is 0. The van der Waals surface area contributed by atoms with Gasteiger partial charge in [-0.2, -0.15) is 0 Å². The van der Waals surface area contributed by atoms with Crippen LogP contribution < -0.4 is 0 Å². The first-order valence-corrected chi connectivity index (χ1v) is 68.0. The monoisotopic (exact) mass is 2070 g/mol. The largest absolute Gasteiger partial charge is 0.0651 e. The normalized spacial score (nSPS) is 20.2. The molecule has 147 heavy (non-hydrogen) atoms. The second-order valence-corrected chi connectivity index (χ2v) is 60.4. The Morgan fingerprint density at radius 2 is 0.286 bits per heavy atom. The van der Waals surface area contributed by atoms with E-state index < -0.39 is 0 Å². The average molecular weight is 2070 g/mol.